The van der Waals surface area contributed by atoms with E-state index >= 15 is 0 Å². The molecule has 0 fully saturated rings. The monoisotopic (exact) mass is 319 g/mol. The third-order valence-electron chi connectivity index (χ3n) is 2.23. The van der Waals surface area contributed by atoms with Gasteiger partial charge in [0.25, 0.3) is 5.56 Å². The fourth-order valence-electron chi connectivity index (χ4n) is 1.38. The fourth-order valence-corrected chi connectivity index (χ4v) is 1.74. The Balaban J connectivity index is 2.21. The minimum Gasteiger partial charge on any atom is -0.312 e. The molecule has 0 spiro atoms. The van der Waals surface area contributed by atoms with Crippen LogP contribution in [0.4, 0.5) is 5.69 Å². The Hall–Kier alpha value is -2.21. The number of allylic oxidation sites excluding steroid dienone is 1. The van der Waals surface area contributed by atoms with Gasteiger partial charge in [-0.2, -0.15) is 0 Å². The van der Waals surface area contributed by atoms with Crippen molar-refractivity contribution in [3.8, 4) is 0 Å². The van der Waals surface area contributed by atoms with Crippen molar-refractivity contribution in [3.63, 3.8) is 0 Å². The highest BCUT2D eigenvalue weighted by molar-refractivity contribution is 9.12. The van der Waals surface area contributed by atoms with E-state index in [0.29, 0.717) is 4.48 Å². The van der Waals surface area contributed by atoms with E-state index in [2.05, 4.69) is 30.9 Å². The van der Waals surface area contributed by atoms with Crippen molar-refractivity contribution in [2.45, 2.75) is 0 Å². The molecule has 0 aliphatic rings. The van der Waals surface area contributed by atoms with Crippen molar-refractivity contribution >= 4 is 33.9 Å². The molecule has 0 atom stereocenters. The van der Waals surface area contributed by atoms with Gasteiger partial charge in [-0.15, -0.1) is 0 Å². The van der Waals surface area contributed by atoms with Crippen molar-refractivity contribution in [2.75, 3.05) is 0 Å². The summed E-state index contributed by atoms with van der Waals surface area (Å²) < 4.78 is 0.712. The highest BCUT2D eigenvalue weighted by atomic mass is 79.9. The van der Waals surface area contributed by atoms with E-state index in [0.717, 1.165) is 5.56 Å². The van der Waals surface area contributed by atoms with E-state index in [1.54, 1.807) is 0 Å². The smallest absolute Gasteiger partial charge is 0.312 e. The summed E-state index contributed by atoms with van der Waals surface area (Å²) >= 11 is 3.34. The first-order valence-corrected chi connectivity index (χ1v) is 6.23. The van der Waals surface area contributed by atoms with Crippen LogP contribution >= 0.6 is 15.9 Å². The number of rotatable bonds is 3. The summed E-state index contributed by atoms with van der Waals surface area (Å²) in [6.45, 7) is 0. The van der Waals surface area contributed by atoms with Crippen LogP contribution in [0.25, 0.3) is 6.08 Å². The summed E-state index contributed by atoms with van der Waals surface area (Å²) in [6, 6.07) is 9.68. The predicted octanol–water partition coefficient (Wildman–Crippen LogP) is 2.20. The highest BCUT2D eigenvalue weighted by Gasteiger charge is 1.96. The number of hydrogen-bond acceptors (Lipinski definition) is 3. The van der Waals surface area contributed by atoms with Gasteiger partial charge in [0.15, 0.2) is 0 Å². The van der Waals surface area contributed by atoms with Crippen LogP contribution in [0.2, 0.25) is 0 Å². The Morgan fingerprint density at radius 3 is 2.63 bits per heavy atom. The molecule has 1 aromatic heterocycles. The van der Waals surface area contributed by atoms with Crippen LogP contribution in [0.1, 0.15) is 5.56 Å². The van der Waals surface area contributed by atoms with Crippen LogP contribution < -0.4 is 11.2 Å². The number of aliphatic imine (C=N–C) groups is 1. The normalized spacial score (nSPS) is 11.9. The molecule has 1 heterocycles. The quantitative estimate of drug-likeness (QED) is 0.851. The molecule has 0 radical (unpaired) electrons. The Kier molecular flexibility index (Phi) is 4.25. The number of nitrogens with zero attached hydrogens (tertiary/aromatic N) is 1. The molecule has 0 unspecified atom stereocenters. The molecule has 0 amide bonds. The third kappa shape index (κ3) is 3.89. The Morgan fingerprint density at radius 2 is 1.95 bits per heavy atom. The number of aromatic amines is 2. The number of benzene rings is 1. The lowest BCUT2D eigenvalue weighted by Gasteiger charge is -1.93. The van der Waals surface area contributed by atoms with E-state index in [9.17, 15) is 9.59 Å². The molecule has 2 aromatic rings. The number of H-pyrrole nitrogens is 2. The van der Waals surface area contributed by atoms with E-state index in [4.69, 9.17) is 0 Å². The summed E-state index contributed by atoms with van der Waals surface area (Å²) in [5, 5.41) is 0. The molecular formula is C13H10BrN3O2. The van der Waals surface area contributed by atoms with Crippen molar-refractivity contribution in [2.24, 2.45) is 4.99 Å². The molecule has 1 aromatic carbocycles. The summed E-state index contributed by atoms with van der Waals surface area (Å²) in [5.41, 5.74) is 0.0667. The van der Waals surface area contributed by atoms with Crippen LogP contribution in [0.15, 0.2) is 55.6 Å². The maximum atomic E-state index is 11.4. The summed E-state index contributed by atoms with van der Waals surface area (Å²) in [4.78, 5) is 30.7. The number of aromatic nitrogens is 2. The van der Waals surface area contributed by atoms with E-state index in [1.165, 1.54) is 12.4 Å². The maximum Gasteiger partial charge on any atom is 0.325 e. The molecule has 0 saturated heterocycles. The second kappa shape index (κ2) is 6.10. The lowest BCUT2D eigenvalue weighted by molar-refractivity contribution is 1.03. The lowest BCUT2D eigenvalue weighted by atomic mass is 10.2. The van der Waals surface area contributed by atoms with Crippen LogP contribution in [0, 0.1) is 0 Å². The summed E-state index contributed by atoms with van der Waals surface area (Å²) in [5.74, 6) is 0. The minimum atomic E-state index is -0.553. The second-order valence-corrected chi connectivity index (χ2v) is 4.57. The summed E-state index contributed by atoms with van der Waals surface area (Å²) in [6.07, 6.45) is 4.62. The van der Waals surface area contributed by atoms with Gasteiger partial charge in [0.05, 0.1) is 0 Å². The molecule has 0 saturated carbocycles. The van der Waals surface area contributed by atoms with Crippen LogP contribution in [0.5, 0.6) is 0 Å². The maximum absolute atomic E-state index is 11.4. The average molecular weight is 320 g/mol. The van der Waals surface area contributed by atoms with Gasteiger partial charge in [0, 0.05) is 16.9 Å². The van der Waals surface area contributed by atoms with Crippen LogP contribution in [-0.2, 0) is 0 Å². The van der Waals surface area contributed by atoms with Crippen LogP contribution in [0.3, 0.4) is 0 Å². The number of nitrogens with one attached hydrogen (secondary N) is 2. The molecule has 2 rings (SSSR count). The molecule has 5 nitrogen and oxygen atoms in total. The SMILES string of the molecule is O=c1[nH]cc(N=C/C(Br)=C/c2ccccc2)c(=O)[nH]1. The van der Waals surface area contributed by atoms with E-state index in [-0.39, 0.29) is 5.69 Å². The lowest BCUT2D eigenvalue weighted by Crippen LogP contribution is -2.20. The van der Waals surface area contributed by atoms with Crippen molar-refractivity contribution < 1.29 is 0 Å². The van der Waals surface area contributed by atoms with Gasteiger partial charge in [-0.1, -0.05) is 30.3 Å². The van der Waals surface area contributed by atoms with Gasteiger partial charge in [0.1, 0.15) is 5.69 Å². The largest absolute Gasteiger partial charge is 0.325 e. The first-order chi connectivity index (χ1) is 9.15. The Morgan fingerprint density at radius 1 is 1.21 bits per heavy atom. The number of hydrogen-bond donors (Lipinski definition) is 2. The molecular weight excluding hydrogens is 310 g/mol. The average Bonchev–Trinajstić information content (AvgIpc) is 2.39. The third-order valence-corrected chi connectivity index (χ3v) is 2.66. The molecule has 96 valence electrons. The minimum absolute atomic E-state index is 0.137. The molecule has 0 aliphatic heterocycles. The summed E-state index contributed by atoms with van der Waals surface area (Å²) in [7, 11) is 0. The Labute approximate surface area is 116 Å². The molecule has 2 N–H and O–H groups in total. The Bertz CT molecular complexity index is 729. The van der Waals surface area contributed by atoms with Gasteiger partial charge in [-0.3, -0.25) is 9.78 Å². The van der Waals surface area contributed by atoms with Crippen molar-refractivity contribution in [3.05, 3.63) is 67.4 Å². The van der Waals surface area contributed by atoms with Gasteiger partial charge in [-0.05, 0) is 27.6 Å². The first kappa shape index (κ1) is 13.2. The first-order valence-electron chi connectivity index (χ1n) is 5.43. The molecule has 0 aliphatic carbocycles. The van der Waals surface area contributed by atoms with Gasteiger partial charge >= 0.3 is 5.69 Å². The van der Waals surface area contributed by atoms with Gasteiger partial charge in [-0.25, -0.2) is 9.79 Å². The zero-order valence-electron chi connectivity index (χ0n) is 9.76. The molecule has 19 heavy (non-hydrogen) atoms. The van der Waals surface area contributed by atoms with Crippen LogP contribution in [-0.4, -0.2) is 16.2 Å². The standard InChI is InChI=1S/C13H10BrN3O2/c14-10(6-9-4-2-1-3-5-9)7-15-11-8-16-13(19)17-12(11)18/h1-8H,(H2,16,17,18,19)/b10-6-,15-7?. The second-order valence-electron chi connectivity index (χ2n) is 3.66. The van der Waals surface area contributed by atoms with Crippen molar-refractivity contribution in [1.82, 2.24) is 9.97 Å². The fraction of sp³-hybridized carbons (Fsp3) is 0. The van der Waals surface area contributed by atoms with E-state index in [1.807, 2.05) is 36.4 Å². The zero-order chi connectivity index (χ0) is 13.7. The zero-order valence-corrected chi connectivity index (χ0v) is 11.3. The molecule has 0 bridgehead atoms. The highest BCUT2D eigenvalue weighted by Crippen LogP contribution is 2.11. The van der Waals surface area contributed by atoms with Crippen molar-refractivity contribution in [1.29, 1.82) is 0 Å². The van der Waals surface area contributed by atoms with Gasteiger partial charge < -0.3 is 4.98 Å². The van der Waals surface area contributed by atoms with Gasteiger partial charge in [0.2, 0.25) is 0 Å². The predicted molar refractivity (Wildman–Crippen MR) is 79.2 cm³/mol. The van der Waals surface area contributed by atoms with E-state index < -0.39 is 11.2 Å². The topological polar surface area (TPSA) is 78.1 Å². The number of halogens is 1. The molecule has 6 heteroatoms.